The minimum absolute atomic E-state index is 0.164. The second-order valence-corrected chi connectivity index (χ2v) is 8.14. The zero-order valence-electron chi connectivity index (χ0n) is 11.7. The van der Waals surface area contributed by atoms with E-state index < -0.39 is 16.1 Å². The van der Waals surface area contributed by atoms with Gasteiger partial charge in [0.1, 0.15) is 0 Å². The number of aromatic nitrogens is 1. The van der Waals surface area contributed by atoms with E-state index in [1.165, 1.54) is 9.21 Å². The minimum atomic E-state index is -3.61. The summed E-state index contributed by atoms with van der Waals surface area (Å²) in [6, 6.07) is 0. The molecule has 21 heavy (non-hydrogen) atoms. The van der Waals surface area contributed by atoms with Crippen LogP contribution in [0.15, 0.2) is 4.21 Å². The Morgan fingerprint density at radius 1 is 1.38 bits per heavy atom. The third-order valence-corrected chi connectivity index (χ3v) is 6.81. The average Bonchev–Trinajstić information content (AvgIpc) is 2.79. The van der Waals surface area contributed by atoms with Crippen molar-refractivity contribution in [2.45, 2.75) is 18.1 Å². The Kier molecular flexibility index (Phi) is 5.07. The van der Waals surface area contributed by atoms with Crippen molar-refractivity contribution >= 4 is 39.1 Å². The van der Waals surface area contributed by atoms with E-state index in [0.29, 0.717) is 25.4 Å². The van der Waals surface area contributed by atoms with E-state index in [-0.39, 0.29) is 21.8 Å². The van der Waals surface area contributed by atoms with Crippen LogP contribution >= 0.6 is 22.9 Å². The summed E-state index contributed by atoms with van der Waals surface area (Å²) in [7, 11) is -3.61. The maximum atomic E-state index is 12.5. The summed E-state index contributed by atoms with van der Waals surface area (Å²) in [5.41, 5.74) is 0.401. The highest BCUT2D eigenvalue weighted by atomic mass is 35.5. The summed E-state index contributed by atoms with van der Waals surface area (Å²) in [6.45, 7) is 4.73. The number of amides is 1. The third kappa shape index (κ3) is 3.47. The van der Waals surface area contributed by atoms with Crippen molar-refractivity contribution in [3.8, 4) is 0 Å². The van der Waals surface area contributed by atoms with Gasteiger partial charge in [0, 0.05) is 26.2 Å². The fourth-order valence-electron chi connectivity index (χ4n) is 2.03. The third-order valence-electron chi connectivity index (χ3n) is 3.07. The number of nitrogens with zero attached hydrogens (tertiary/aromatic N) is 3. The van der Waals surface area contributed by atoms with Crippen LogP contribution in [0.2, 0.25) is 4.47 Å². The molecule has 0 atom stereocenters. The SMILES string of the molecule is CCOC(=O)N1CCN(S(=O)(=O)c2sc(Cl)nc2C)CC1. The van der Waals surface area contributed by atoms with Gasteiger partial charge < -0.3 is 9.64 Å². The minimum Gasteiger partial charge on any atom is -0.450 e. The smallest absolute Gasteiger partial charge is 0.409 e. The van der Waals surface area contributed by atoms with Crippen LogP contribution in [-0.2, 0) is 14.8 Å². The molecule has 1 aliphatic rings. The molecule has 1 aliphatic heterocycles. The molecule has 0 aliphatic carbocycles. The van der Waals surface area contributed by atoms with Crippen molar-refractivity contribution in [3.63, 3.8) is 0 Å². The summed E-state index contributed by atoms with van der Waals surface area (Å²) < 4.78 is 31.7. The first-order valence-electron chi connectivity index (χ1n) is 6.41. The maximum absolute atomic E-state index is 12.5. The van der Waals surface area contributed by atoms with E-state index in [9.17, 15) is 13.2 Å². The van der Waals surface area contributed by atoms with Crippen molar-refractivity contribution in [2.75, 3.05) is 32.8 Å². The molecule has 1 saturated heterocycles. The Morgan fingerprint density at radius 3 is 2.48 bits per heavy atom. The van der Waals surface area contributed by atoms with E-state index in [2.05, 4.69) is 4.98 Å². The molecule has 0 radical (unpaired) electrons. The molecule has 1 aromatic heterocycles. The van der Waals surface area contributed by atoms with Gasteiger partial charge in [0.25, 0.3) is 10.0 Å². The van der Waals surface area contributed by atoms with Gasteiger partial charge in [-0.3, -0.25) is 0 Å². The lowest BCUT2D eigenvalue weighted by Gasteiger charge is -2.32. The van der Waals surface area contributed by atoms with Gasteiger partial charge in [-0.1, -0.05) is 22.9 Å². The molecular weight excluding hydrogens is 338 g/mol. The van der Waals surface area contributed by atoms with Gasteiger partial charge in [-0.25, -0.2) is 18.2 Å². The number of sulfonamides is 1. The Balaban J connectivity index is 2.08. The van der Waals surface area contributed by atoms with Crippen LogP contribution in [0.25, 0.3) is 0 Å². The summed E-state index contributed by atoms with van der Waals surface area (Å²) in [4.78, 5) is 17.0. The molecule has 0 N–H and O–H groups in total. The van der Waals surface area contributed by atoms with Gasteiger partial charge in [-0.2, -0.15) is 4.31 Å². The van der Waals surface area contributed by atoms with Crippen molar-refractivity contribution in [1.82, 2.24) is 14.2 Å². The number of halogens is 1. The van der Waals surface area contributed by atoms with Gasteiger partial charge in [0.05, 0.1) is 12.3 Å². The zero-order valence-corrected chi connectivity index (χ0v) is 14.1. The van der Waals surface area contributed by atoms with Gasteiger partial charge >= 0.3 is 6.09 Å². The molecule has 1 aromatic rings. The Bertz CT molecular complexity index is 623. The highest BCUT2D eigenvalue weighted by Crippen LogP contribution is 2.29. The first kappa shape index (κ1) is 16.5. The van der Waals surface area contributed by atoms with Crippen molar-refractivity contribution in [1.29, 1.82) is 0 Å². The second kappa shape index (κ2) is 6.47. The van der Waals surface area contributed by atoms with Crippen LogP contribution in [0.3, 0.4) is 0 Å². The largest absolute Gasteiger partial charge is 0.450 e. The number of carbonyl (C=O) groups is 1. The molecule has 0 spiro atoms. The Labute approximate surface area is 132 Å². The van der Waals surface area contributed by atoms with Gasteiger partial charge in [-0.15, -0.1) is 0 Å². The number of aryl methyl sites for hydroxylation is 1. The molecule has 118 valence electrons. The predicted octanol–water partition coefficient (Wildman–Crippen LogP) is 1.57. The summed E-state index contributed by atoms with van der Waals surface area (Å²) in [6.07, 6.45) is -0.411. The number of hydrogen-bond acceptors (Lipinski definition) is 6. The number of ether oxygens (including phenoxy) is 1. The summed E-state index contributed by atoms with van der Waals surface area (Å²) in [5, 5.41) is 0. The molecule has 0 aromatic carbocycles. The Hall–Kier alpha value is -0.900. The van der Waals surface area contributed by atoms with Crippen LogP contribution in [0.1, 0.15) is 12.6 Å². The first-order chi connectivity index (χ1) is 9.86. The maximum Gasteiger partial charge on any atom is 0.409 e. The average molecular weight is 354 g/mol. The standard InChI is InChI=1S/C11H16ClN3O4S2/c1-3-19-11(16)14-4-6-15(7-5-14)21(17,18)9-8(2)13-10(12)20-9/h3-7H2,1-2H3. The summed E-state index contributed by atoms with van der Waals surface area (Å²) in [5.74, 6) is 0. The molecule has 1 amide bonds. The van der Waals surface area contributed by atoms with Crippen molar-refractivity contribution in [3.05, 3.63) is 10.2 Å². The van der Waals surface area contributed by atoms with Gasteiger partial charge in [0.15, 0.2) is 8.68 Å². The van der Waals surface area contributed by atoms with Crippen LogP contribution < -0.4 is 0 Å². The van der Waals surface area contributed by atoms with E-state index >= 15 is 0 Å². The van der Waals surface area contributed by atoms with Crippen LogP contribution in [0.4, 0.5) is 4.79 Å². The second-order valence-electron chi connectivity index (χ2n) is 4.43. The van der Waals surface area contributed by atoms with Crippen LogP contribution in [-0.4, -0.2) is 61.5 Å². The fraction of sp³-hybridized carbons (Fsp3) is 0.636. The van der Waals surface area contributed by atoms with E-state index in [4.69, 9.17) is 16.3 Å². The monoisotopic (exact) mass is 353 g/mol. The normalized spacial score (nSPS) is 17.0. The van der Waals surface area contributed by atoms with Crippen LogP contribution in [0.5, 0.6) is 0 Å². The lowest BCUT2D eigenvalue weighted by molar-refractivity contribution is 0.0934. The number of carbonyl (C=O) groups excluding carboxylic acids is 1. The molecule has 1 fully saturated rings. The van der Waals surface area contributed by atoms with E-state index in [1.807, 2.05) is 0 Å². The number of piperazine rings is 1. The van der Waals surface area contributed by atoms with E-state index in [0.717, 1.165) is 11.3 Å². The lowest BCUT2D eigenvalue weighted by atomic mass is 10.4. The lowest BCUT2D eigenvalue weighted by Crippen LogP contribution is -2.50. The number of rotatable bonds is 3. The van der Waals surface area contributed by atoms with Gasteiger partial charge in [0.2, 0.25) is 0 Å². The zero-order chi connectivity index (χ0) is 15.6. The predicted molar refractivity (Wildman–Crippen MR) is 79.2 cm³/mol. The fourth-order valence-corrected chi connectivity index (χ4v) is 5.33. The molecule has 0 saturated carbocycles. The number of thiazole rings is 1. The molecule has 7 nitrogen and oxygen atoms in total. The number of hydrogen-bond donors (Lipinski definition) is 0. The molecule has 0 unspecified atom stereocenters. The molecular formula is C11H16ClN3O4S2. The first-order valence-corrected chi connectivity index (χ1v) is 9.04. The summed E-state index contributed by atoms with van der Waals surface area (Å²) >= 11 is 6.71. The highest BCUT2D eigenvalue weighted by molar-refractivity contribution is 7.91. The van der Waals surface area contributed by atoms with Crippen molar-refractivity contribution in [2.24, 2.45) is 0 Å². The molecule has 10 heteroatoms. The Morgan fingerprint density at radius 2 is 2.00 bits per heavy atom. The molecule has 2 heterocycles. The van der Waals surface area contributed by atoms with Crippen LogP contribution in [0, 0.1) is 6.92 Å². The quantitative estimate of drug-likeness (QED) is 0.824. The highest BCUT2D eigenvalue weighted by Gasteiger charge is 2.33. The molecule has 2 rings (SSSR count). The van der Waals surface area contributed by atoms with E-state index in [1.54, 1.807) is 13.8 Å². The van der Waals surface area contributed by atoms with Crippen molar-refractivity contribution < 1.29 is 17.9 Å². The van der Waals surface area contributed by atoms with Gasteiger partial charge in [-0.05, 0) is 13.8 Å². The molecule has 0 bridgehead atoms. The topological polar surface area (TPSA) is 79.8 Å².